The van der Waals surface area contributed by atoms with Gasteiger partial charge in [0.05, 0.1) is 4.90 Å². The molecular formula is C12H11NO3S2. The zero-order valence-corrected chi connectivity index (χ0v) is 10.9. The fourth-order valence-electron chi connectivity index (χ4n) is 1.44. The summed E-state index contributed by atoms with van der Waals surface area (Å²) in [5.41, 5.74) is 0. The minimum atomic E-state index is -3.75. The minimum absolute atomic E-state index is 0.0818. The highest BCUT2D eigenvalue weighted by atomic mass is 32.2. The van der Waals surface area contributed by atoms with Crippen LogP contribution in [0, 0.1) is 0 Å². The van der Waals surface area contributed by atoms with E-state index in [2.05, 4.69) is 0 Å². The number of phenols is 1. The lowest BCUT2D eigenvalue weighted by atomic mass is 10.3. The van der Waals surface area contributed by atoms with E-state index in [0.717, 1.165) is 4.90 Å². The molecule has 0 saturated heterocycles. The number of phenolic OH excluding ortho intramolecular Hbond substituents is 1. The summed E-state index contributed by atoms with van der Waals surface area (Å²) in [6, 6.07) is 13.1. The van der Waals surface area contributed by atoms with Crippen molar-refractivity contribution in [2.24, 2.45) is 5.14 Å². The second kappa shape index (κ2) is 5.01. The molecule has 0 atom stereocenters. The molecule has 0 aliphatic rings. The van der Waals surface area contributed by atoms with E-state index >= 15 is 0 Å². The van der Waals surface area contributed by atoms with E-state index in [4.69, 9.17) is 5.14 Å². The molecule has 0 bridgehead atoms. The highest BCUT2D eigenvalue weighted by molar-refractivity contribution is 8.00. The second-order valence-electron chi connectivity index (χ2n) is 3.59. The van der Waals surface area contributed by atoms with Gasteiger partial charge in [0.1, 0.15) is 5.75 Å². The van der Waals surface area contributed by atoms with E-state index in [-0.39, 0.29) is 10.6 Å². The zero-order valence-electron chi connectivity index (χ0n) is 9.28. The van der Waals surface area contributed by atoms with E-state index < -0.39 is 10.0 Å². The lowest BCUT2D eigenvalue weighted by Crippen LogP contribution is -2.13. The Labute approximate surface area is 110 Å². The van der Waals surface area contributed by atoms with Crippen LogP contribution in [0.3, 0.4) is 0 Å². The minimum Gasteiger partial charge on any atom is -0.508 e. The Morgan fingerprint density at radius 2 is 1.78 bits per heavy atom. The summed E-state index contributed by atoms with van der Waals surface area (Å²) in [6.45, 7) is 0. The highest BCUT2D eigenvalue weighted by Crippen LogP contribution is 2.33. The van der Waals surface area contributed by atoms with Crippen molar-refractivity contribution in [2.45, 2.75) is 14.7 Å². The molecule has 0 unspecified atom stereocenters. The molecule has 94 valence electrons. The number of aromatic hydroxyl groups is 1. The van der Waals surface area contributed by atoms with Gasteiger partial charge >= 0.3 is 0 Å². The molecule has 0 aromatic heterocycles. The molecule has 0 fully saturated rings. The largest absolute Gasteiger partial charge is 0.508 e. The fraction of sp³-hybridized carbons (Fsp3) is 0. The predicted molar refractivity (Wildman–Crippen MR) is 70.0 cm³/mol. The normalized spacial score (nSPS) is 11.4. The van der Waals surface area contributed by atoms with E-state index in [9.17, 15) is 13.5 Å². The van der Waals surface area contributed by atoms with Crippen molar-refractivity contribution in [3.05, 3.63) is 48.5 Å². The SMILES string of the molecule is NS(=O)(=O)c1ccccc1Sc1cccc(O)c1. The van der Waals surface area contributed by atoms with Crippen LogP contribution >= 0.6 is 11.8 Å². The maximum Gasteiger partial charge on any atom is 0.239 e. The van der Waals surface area contributed by atoms with Gasteiger partial charge in [0, 0.05) is 9.79 Å². The first kappa shape index (κ1) is 12.9. The Hall–Kier alpha value is -1.50. The van der Waals surface area contributed by atoms with Crippen molar-refractivity contribution >= 4 is 21.8 Å². The van der Waals surface area contributed by atoms with E-state index in [1.807, 2.05) is 0 Å². The van der Waals surface area contributed by atoms with Crippen molar-refractivity contribution < 1.29 is 13.5 Å². The van der Waals surface area contributed by atoms with Crippen molar-refractivity contribution in [3.8, 4) is 5.75 Å². The van der Waals surface area contributed by atoms with Gasteiger partial charge in [0.15, 0.2) is 0 Å². The van der Waals surface area contributed by atoms with Gasteiger partial charge in [-0.15, -0.1) is 0 Å². The van der Waals surface area contributed by atoms with Gasteiger partial charge in [-0.2, -0.15) is 0 Å². The van der Waals surface area contributed by atoms with Crippen LogP contribution in [0.25, 0.3) is 0 Å². The second-order valence-corrected chi connectivity index (χ2v) is 6.24. The van der Waals surface area contributed by atoms with Crippen LogP contribution in [-0.4, -0.2) is 13.5 Å². The molecule has 0 radical (unpaired) electrons. The standard InChI is InChI=1S/C12H11NO3S2/c13-18(15,16)12-7-2-1-6-11(12)17-10-5-3-4-9(14)8-10/h1-8,14H,(H2,13,15,16). The number of primary sulfonamides is 1. The molecule has 0 spiro atoms. The Kier molecular flexibility index (Phi) is 3.60. The maximum absolute atomic E-state index is 11.4. The van der Waals surface area contributed by atoms with Crippen LogP contribution in [0.2, 0.25) is 0 Å². The van der Waals surface area contributed by atoms with Gasteiger partial charge in [-0.3, -0.25) is 0 Å². The van der Waals surface area contributed by atoms with Crippen LogP contribution in [-0.2, 0) is 10.0 Å². The van der Waals surface area contributed by atoms with E-state index in [1.54, 1.807) is 42.5 Å². The van der Waals surface area contributed by atoms with Crippen molar-refractivity contribution in [1.82, 2.24) is 0 Å². The molecule has 0 aliphatic carbocycles. The van der Waals surface area contributed by atoms with Gasteiger partial charge in [0.2, 0.25) is 10.0 Å². The third-order valence-corrected chi connectivity index (χ3v) is 4.36. The van der Waals surface area contributed by atoms with Crippen molar-refractivity contribution in [2.75, 3.05) is 0 Å². The smallest absolute Gasteiger partial charge is 0.239 e. The monoisotopic (exact) mass is 281 g/mol. The summed E-state index contributed by atoms with van der Waals surface area (Å²) in [4.78, 5) is 1.36. The van der Waals surface area contributed by atoms with Crippen LogP contribution < -0.4 is 5.14 Å². The van der Waals surface area contributed by atoms with Gasteiger partial charge in [-0.25, -0.2) is 13.6 Å². The Morgan fingerprint density at radius 1 is 1.06 bits per heavy atom. The molecule has 0 amide bonds. The summed E-state index contributed by atoms with van der Waals surface area (Å²) in [6.07, 6.45) is 0. The Morgan fingerprint density at radius 3 is 2.44 bits per heavy atom. The first-order chi connectivity index (χ1) is 8.47. The third-order valence-electron chi connectivity index (χ3n) is 2.20. The van der Waals surface area contributed by atoms with E-state index in [0.29, 0.717) is 4.90 Å². The highest BCUT2D eigenvalue weighted by Gasteiger charge is 2.13. The zero-order chi connectivity index (χ0) is 13.2. The van der Waals surface area contributed by atoms with Crippen LogP contribution in [0.15, 0.2) is 63.2 Å². The predicted octanol–water partition coefficient (Wildman–Crippen LogP) is 2.19. The summed E-state index contributed by atoms with van der Waals surface area (Å²) < 4.78 is 22.9. The molecule has 2 rings (SSSR count). The fourth-order valence-corrected chi connectivity index (χ4v) is 3.43. The molecule has 18 heavy (non-hydrogen) atoms. The molecule has 2 aromatic rings. The first-order valence-electron chi connectivity index (χ1n) is 5.05. The quantitative estimate of drug-likeness (QED) is 0.903. The maximum atomic E-state index is 11.4. The summed E-state index contributed by atoms with van der Waals surface area (Å²) in [5, 5.41) is 14.5. The molecule has 0 saturated carbocycles. The molecule has 4 nitrogen and oxygen atoms in total. The Bertz CT molecular complexity index is 669. The number of benzene rings is 2. The molecule has 3 N–H and O–H groups in total. The summed E-state index contributed by atoms with van der Waals surface area (Å²) >= 11 is 1.24. The molecule has 0 heterocycles. The summed E-state index contributed by atoms with van der Waals surface area (Å²) in [5.74, 6) is 0.132. The van der Waals surface area contributed by atoms with Crippen LogP contribution in [0.1, 0.15) is 0 Å². The van der Waals surface area contributed by atoms with Crippen molar-refractivity contribution in [3.63, 3.8) is 0 Å². The van der Waals surface area contributed by atoms with Crippen molar-refractivity contribution in [1.29, 1.82) is 0 Å². The van der Waals surface area contributed by atoms with Crippen LogP contribution in [0.4, 0.5) is 0 Å². The number of hydrogen-bond acceptors (Lipinski definition) is 4. The average Bonchev–Trinajstić information content (AvgIpc) is 2.28. The lowest BCUT2D eigenvalue weighted by Gasteiger charge is -2.07. The third kappa shape index (κ3) is 3.04. The van der Waals surface area contributed by atoms with Crippen LogP contribution in [0.5, 0.6) is 5.75 Å². The van der Waals surface area contributed by atoms with E-state index in [1.165, 1.54) is 17.8 Å². The molecule has 2 aromatic carbocycles. The summed E-state index contributed by atoms with van der Waals surface area (Å²) in [7, 11) is -3.75. The topological polar surface area (TPSA) is 80.4 Å². The van der Waals surface area contributed by atoms with Gasteiger partial charge < -0.3 is 5.11 Å². The lowest BCUT2D eigenvalue weighted by molar-refractivity contribution is 0.474. The molecule has 0 aliphatic heterocycles. The number of hydrogen-bond donors (Lipinski definition) is 2. The molecule has 6 heteroatoms. The number of sulfonamides is 1. The molecular weight excluding hydrogens is 270 g/mol. The number of rotatable bonds is 3. The van der Waals surface area contributed by atoms with Gasteiger partial charge in [-0.1, -0.05) is 30.0 Å². The Balaban J connectivity index is 2.41. The first-order valence-corrected chi connectivity index (χ1v) is 7.42. The average molecular weight is 281 g/mol. The van der Waals surface area contributed by atoms with Gasteiger partial charge in [-0.05, 0) is 30.3 Å². The van der Waals surface area contributed by atoms with Gasteiger partial charge in [0.25, 0.3) is 0 Å². The number of nitrogens with two attached hydrogens (primary N) is 1.